The van der Waals surface area contributed by atoms with E-state index in [0.717, 1.165) is 31.4 Å². The lowest BCUT2D eigenvalue weighted by molar-refractivity contribution is 0.0230. The average Bonchev–Trinajstić information content (AvgIpc) is 2.62. The van der Waals surface area contributed by atoms with Gasteiger partial charge in [-0.05, 0) is 31.9 Å². The number of pyridine rings is 1. The molecule has 1 fully saturated rings. The van der Waals surface area contributed by atoms with Gasteiger partial charge >= 0.3 is 0 Å². The van der Waals surface area contributed by atoms with Crippen LogP contribution < -0.4 is 5.32 Å². The molecule has 2 rings (SSSR count). The Morgan fingerprint density at radius 2 is 2.00 bits per heavy atom. The second-order valence-corrected chi connectivity index (χ2v) is 5.50. The molecule has 0 unspecified atom stereocenters. The fourth-order valence-corrected chi connectivity index (χ4v) is 2.64. The van der Waals surface area contributed by atoms with Crippen LogP contribution >= 0.6 is 0 Å². The fourth-order valence-electron chi connectivity index (χ4n) is 2.64. The zero-order chi connectivity index (χ0) is 12.8. The van der Waals surface area contributed by atoms with Crippen LogP contribution in [0.4, 0.5) is 0 Å². The summed E-state index contributed by atoms with van der Waals surface area (Å²) >= 11 is 0. The highest BCUT2D eigenvalue weighted by Gasteiger charge is 2.28. The first-order chi connectivity index (χ1) is 8.70. The van der Waals surface area contributed by atoms with Crippen molar-refractivity contribution in [1.82, 2.24) is 10.3 Å². The van der Waals surface area contributed by atoms with Crippen LogP contribution in [0.15, 0.2) is 24.4 Å². The van der Waals surface area contributed by atoms with Crippen LogP contribution in [0.2, 0.25) is 0 Å². The molecule has 1 aliphatic carbocycles. The van der Waals surface area contributed by atoms with Gasteiger partial charge in [0.1, 0.15) is 0 Å². The molecule has 1 aliphatic rings. The van der Waals surface area contributed by atoms with Gasteiger partial charge in [0.25, 0.3) is 0 Å². The quantitative estimate of drug-likeness (QED) is 0.805. The molecule has 18 heavy (non-hydrogen) atoms. The first-order valence-corrected chi connectivity index (χ1v) is 7.06. The van der Waals surface area contributed by atoms with E-state index >= 15 is 0 Å². The van der Waals surface area contributed by atoms with Crippen LogP contribution in [0.3, 0.4) is 0 Å². The predicted octanol–water partition coefficient (Wildman–Crippen LogP) is 2.82. The van der Waals surface area contributed by atoms with Crippen molar-refractivity contribution < 1.29 is 5.11 Å². The van der Waals surface area contributed by atoms with E-state index in [1.165, 1.54) is 12.8 Å². The Hall–Kier alpha value is -0.930. The van der Waals surface area contributed by atoms with Gasteiger partial charge in [-0.1, -0.05) is 31.7 Å². The summed E-state index contributed by atoms with van der Waals surface area (Å²) in [6.07, 6.45) is 8.49. The van der Waals surface area contributed by atoms with Gasteiger partial charge in [0.2, 0.25) is 0 Å². The average molecular weight is 248 g/mol. The molecular formula is C15H24N2O. The lowest BCUT2D eigenvalue weighted by Gasteiger charge is -2.28. The third kappa shape index (κ3) is 3.79. The van der Waals surface area contributed by atoms with Crippen LogP contribution in [-0.4, -0.2) is 22.2 Å². The van der Waals surface area contributed by atoms with Gasteiger partial charge in [-0.3, -0.25) is 4.98 Å². The number of nitrogens with zero attached hydrogens (tertiary/aromatic N) is 1. The maximum Gasteiger partial charge on any atom is 0.0771 e. The third-order valence-corrected chi connectivity index (χ3v) is 3.90. The van der Waals surface area contributed by atoms with Crippen molar-refractivity contribution in [2.45, 2.75) is 57.1 Å². The minimum Gasteiger partial charge on any atom is -0.389 e. The summed E-state index contributed by atoms with van der Waals surface area (Å²) < 4.78 is 0. The van der Waals surface area contributed by atoms with Crippen LogP contribution in [0.25, 0.3) is 0 Å². The number of aliphatic hydroxyl groups is 1. The topological polar surface area (TPSA) is 45.1 Å². The van der Waals surface area contributed by atoms with Gasteiger partial charge in [-0.15, -0.1) is 0 Å². The molecule has 1 aromatic heterocycles. The second-order valence-electron chi connectivity index (χ2n) is 5.50. The molecule has 100 valence electrons. The summed E-state index contributed by atoms with van der Waals surface area (Å²) in [5.41, 5.74) is 0.522. The van der Waals surface area contributed by atoms with Crippen LogP contribution in [-0.2, 0) is 0 Å². The Balaban J connectivity index is 1.86. The Bertz CT molecular complexity index is 345. The van der Waals surface area contributed by atoms with Gasteiger partial charge in [-0.2, -0.15) is 0 Å². The molecule has 0 saturated heterocycles. The Morgan fingerprint density at radius 3 is 2.61 bits per heavy atom. The zero-order valence-corrected chi connectivity index (χ0v) is 11.2. The number of hydrogen-bond donors (Lipinski definition) is 2. The fraction of sp³-hybridized carbons (Fsp3) is 0.667. The molecule has 1 atom stereocenters. The van der Waals surface area contributed by atoms with Crippen molar-refractivity contribution in [3.63, 3.8) is 0 Å². The smallest absolute Gasteiger partial charge is 0.0771 e. The maximum absolute atomic E-state index is 10.6. The van der Waals surface area contributed by atoms with Crippen molar-refractivity contribution >= 4 is 0 Å². The highest BCUT2D eigenvalue weighted by Crippen LogP contribution is 2.27. The number of rotatable bonds is 4. The molecule has 0 spiro atoms. The van der Waals surface area contributed by atoms with E-state index in [4.69, 9.17) is 0 Å². The van der Waals surface area contributed by atoms with E-state index in [1.807, 2.05) is 24.4 Å². The first kappa shape index (κ1) is 13.5. The molecule has 0 radical (unpaired) electrons. The van der Waals surface area contributed by atoms with Crippen molar-refractivity contribution in [1.29, 1.82) is 0 Å². The monoisotopic (exact) mass is 248 g/mol. The summed E-state index contributed by atoms with van der Waals surface area (Å²) in [5.74, 6) is 0. The maximum atomic E-state index is 10.6. The van der Waals surface area contributed by atoms with Gasteiger partial charge in [-0.25, -0.2) is 0 Å². The van der Waals surface area contributed by atoms with Gasteiger partial charge in [0.15, 0.2) is 0 Å². The molecule has 1 heterocycles. The lowest BCUT2D eigenvalue weighted by Crippen LogP contribution is -2.41. The van der Waals surface area contributed by atoms with Crippen LogP contribution in [0, 0.1) is 0 Å². The molecular weight excluding hydrogens is 224 g/mol. The molecule has 0 aromatic carbocycles. The van der Waals surface area contributed by atoms with E-state index in [-0.39, 0.29) is 6.04 Å². The van der Waals surface area contributed by atoms with E-state index < -0.39 is 5.60 Å². The van der Waals surface area contributed by atoms with Crippen molar-refractivity contribution in [3.05, 3.63) is 30.1 Å². The second kappa shape index (κ2) is 6.30. The molecule has 1 aromatic rings. The van der Waals surface area contributed by atoms with Crippen molar-refractivity contribution in [2.75, 3.05) is 6.54 Å². The summed E-state index contributed by atoms with van der Waals surface area (Å²) in [6, 6.07) is 6.14. The van der Waals surface area contributed by atoms with Crippen LogP contribution in [0.1, 0.15) is 57.2 Å². The molecule has 0 bridgehead atoms. The standard InChI is InChI=1S/C15H24N2O/c1-13(14-8-4-7-11-16-14)17-12-15(18)9-5-2-3-6-10-15/h4,7-8,11,13,17-18H,2-3,5-6,9-10,12H2,1H3/t13-/m1/s1. The van der Waals surface area contributed by atoms with E-state index in [9.17, 15) is 5.11 Å². The summed E-state index contributed by atoms with van der Waals surface area (Å²) in [7, 11) is 0. The molecule has 0 aliphatic heterocycles. The first-order valence-electron chi connectivity index (χ1n) is 7.06. The molecule has 1 saturated carbocycles. The largest absolute Gasteiger partial charge is 0.389 e. The van der Waals surface area contributed by atoms with E-state index in [2.05, 4.69) is 17.2 Å². The normalized spacial score (nSPS) is 21.2. The molecule has 3 nitrogen and oxygen atoms in total. The highest BCUT2D eigenvalue weighted by atomic mass is 16.3. The molecule has 0 amide bonds. The van der Waals surface area contributed by atoms with E-state index in [0.29, 0.717) is 6.54 Å². The van der Waals surface area contributed by atoms with Crippen molar-refractivity contribution in [3.8, 4) is 0 Å². The van der Waals surface area contributed by atoms with E-state index in [1.54, 1.807) is 0 Å². The lowest BCUT2D eigenvalue weighted by atomic mass is 9.94. The summed E-state index contributed by atoms with van der Waals surface area (Å²) in [5, 5.41) is 14.0. The Kier molecular flexibility index (Phi) is 4.72. The minimum atomic E-state index is -0.514. The number of nitrogens with one attached hydrogen (secondary N) is 1. The van der Waals surface area contributed by atoms with Gasteiger partial charge < -0.3 is 10.4 Å². The molecule has 2 N–H and O–H groups in total. The van der Waals surface area contributed by atoms with Gasteiger partial charge in [0.05, 0.1) is 11.3 Å². The highest BCUT2D eigenvalue weighted by molar-refractivity contribution is 5.07. The number of hydrogen-bond acceptors (Lipinski definition) is 3. The Morgan fingerprint density at radius 1 is 1.28 bits per heavy atom. The summed E-state index contributed by atoms with van der Waals surface area (Å²) in [4.78, 5) is 4.34. The van der Waals surface area contributed by atoms with Crippen molar-refractivity contribution in [2.24, 2.45) is 0 Å². The zero-order valence-electron chi connectivity index (χ0n) is 11.2. The number of aromatic nitrogens is 1. The third-order valence-electron chi connectivity index (χ3n) is 3.90. The van der Waals surface area contributed by atoms with Crippen LogP contribution in [0.5, 0.6) is 0 Å². The SMILES string of the molecule is C[C@@H](NCC1(O)CCCCCC1)c1ccccn1. The van der Waals surface area contributed by atoms with Gasteiger partial charge in [0, 0.05) is 18.8 Å². The molecule has 3 heteroatoms. The predicted molar refractivity (Wildman–Crippen MR) is 73.3 cm³/mol. The summed E-state index contributed by atoms with van der Waals surface area (Å²) in [6.45, 7) is 2.77. The Labute approximate surface area is 110 Å². The minimum absolute atomic E-state index is 0.193.